The molecule has 2 N–H and O–H groups in total. The van der Waals surface area contributed by atoms with Crippen LogP contribution >= 0.6 is 11.3 Å². The SMILES string of the molecule is CCc1ccc(NC(=O)Nc2nc3cc(C)c(C)cc3s2)cc1. The van der Waals surface area contributed by atoms with Gasteiger partial charge in [-0.05, 0) is 61.2 Å². The first-order valence-corrected chi connectivity index (χ1v) is 8.41. The Kier molecular flexibility index (Phi) is 4.30. The van der Waals surface area contributed by atoms with E-state index >= 15 is 0 Å². The van der Waals surface area contributed by atoms with Crippen LogP contribution in [0, 0.1) is 13.8 Å². The maximum atomic E-state index is 12.1. The lowest BCUT2D eigenvalue weighted by Gasteiger charge is -2.05. The smallest absolute Gasteiger partial charge is 0.308 e. The van der Waals surface area contributed by atoms with Crippen molar-refractivity contribution >= 4 is 38.4 Å². The zero-order chi connectivity index (χ0) is 16.4. The van der Waals surface area contributed by atoms with E-state index in [0.29, 0.717) is 5.13 Å². The second kappa shape index (κ2) is 6.38. The lowest BCUT2D eigenvalue weighted by Crippen LogP contribution is -2.19. The molecule has 0 atom stereocenters. The van der Waals surface area contributed by atoms with E-state index in [2.05, 4.69) is 42.5 Å². The Balaban J connectivity index is 1.71. The normalized spacial score (nSPS) is 10.7. The number of hydrogen-bond acceptors (Lipinski definition) is 3. The minimum absolute atomic E-state index is 0.276. The number of amides is 2. The molecule has 2 amide bonds. The highest BCUT2D eigenvalue weighted by Gasteiger charge is 2.09. The van der Waals surface area contributed by atoms with Crippen LogP contribution in [0.25, 0.3) is 10.2 Å². The number of rotatable bonds is 3. The van der Waals surface area contributed by atoms with E-state index in [1.54, 1.807) is 0 Å². The predicted molar refractivity (Wildman–Crippen MR) is 97.6 cm³/mol. The molecule has 5 heteroatoms. The molecule has 0 aliphatic heterocycles. The number of fused-ring (bicyclic) bond motifs is 1. The maximum absolute atomic E-state index is 12.1. The number of benzene rings is 2. The first-order valence-electron chi connectivity index (χ1n) is 7.60. The van der Waals surface area contributed by atoms with Crippen LogP contribution in [0.15, 0.2) is 36.4 Å². The summed E-state index contributed by atoms with van der Waals surface area (Å²) >= 11 is 1.48. The fourth-order valence-corrected chi connectivity index (χ4v) is 3.26. The average Bonchev–Trinajstić information content (AvgIpc) is 2.89. The van der Waals surface area contributed by atoms with Crippen LogP contribution in [0.5, 0.6) is 0 Å². The molecule has 0 aliphatic carbocycles. The minimum Gasteiger partial charge on any atom is -0.308 e. The molecule has 0 fully saturated rings. The van der Waals surface area contributed by atoms with E-state index in [4.69, 9.17) is 0 Å². The number of anilines is 2. The molecule has 0 unspecified atom stereocenters. The molecule has 4 nitrogen and oxygen atoms in total. The number of thiazole rings is 1. The number of carbonyl (C=O) groups is 1. The molecule has 0 saturated heterocycles. The number of aromatic nitrogens is 1. The summed E-state index contributed by atoms with van der Waals surface area (Å²) in [6.45, 7) is 6.24. The fraction of sp³-hybridized carbons (Fsp3) is 0.222. The molecule has 3 aromatic rings. The van der Waals surface area contributed by atoms with Gasteiger partial charge in [0, 0.05) is 5.69 Å². The van der Waals surface area contributed by atoms with E-state index < -0.39 is 0 Å². The van der Waals surface area contributed by atoms with Gasteiger partial charge in [-0.25, -0.2) is 9.78 Å². The van der Waals surface area contributed by atoms with Crippen LogP contribution in [-0.4, -0.2) is 11.0 Å². The summed E-state index contributed by atoms with van der Waals surface area (Å²) in [5, 5.41) is 6.23. The van der Waals surface area contributed by atoms with Gasteiger partial charge < -0.3 is 5.32 Å². The highest BCUT2D eigenvalue weighted by Crippen LogP contribution is 2.28. The molecule has 0 bridgehead atoms. The summed E-state index contributed by atoms with van der Waals surface area (Å²) < 4.78 is 1.08. The molecular weight excluding hydrogens is 306 g/mol. The summed E-state index contributed by atoms with van der Waals surface area (Å²) in [4.78, 5) is 16.6. The molecule has 0 aliphatic rings. The molecule has 23 heavy (non-hydrogen) atoms. The van der Waals surface area contributed by atoms with Crippen molar-refractivity contribution in [3.63, 3.8) is 0 Å². The number of carbonyl (C=O) groups excluding carboxylic acids is 1. The van der Waals surface area contributed by atoms with Gasteiger partial charge in [-0.2, -0.15) is 0 Å². The first kappa shape index (κ1) is 15.5. The van der Waals surface area contributed by atoms with Gasteiger partial charge in [0.1, 0.15) is 0 Å². The van der Waals surface area contributed by atoms with Crippen molar-refractivity contribution in [1.82, 2.24) is 4.98 Å². The molecule has 0 spiro atoms. The Morgan fingerprint density at radius 2 is 1.78 bits per heavy atom. The van der Waals surface area contributed by atoms with Crippen molar-refractivity contribution in [1.29, 1.82) is 0 Å². The Hall–Kier alpha value is -2.40. The summed E-state index contributed by atoms with van der Waals surface area (Å²) in [6, 6.07) is 11.7. The quantitative estimate of drug-likeness (QED) is 0.702. The summed E-state index contributed by atoms with van der Waals surface area (Å²) in [7, 11) is 0. The maximum Gasteiger partial charge on any atom is 0.325 e. The Morgan fingerprint density at radius 3 is 2.48 bits per heavy atom. The molecule has 3 rings (SSSR count). The van der Waals surface area contributed by atoms with Crippen LogP contribution in [0.3, 0.4) is 0 Å². The zero-order valence-electron chi connectivity index (χ0n) is 13.4. The third kappa shape index (κ3) is 3.51. The second-order valence-electron chi connectivity index (χ2n) is 5.55. The van der Waals surface area contributed by atoms with E-state index in [-0.39, 0.29) is 6.03 Å². The van der Waals surface area contributed by atoms with E-state index in [1.165, 1.54) is 28.0 Å². The van der Waals surface area contributed by atoms with E-state index in [0.717, 1.165) is 22.3 Å². The number of hydrogen-bond donors (Lipinski definition) is 2. The Bertz CT molecular complexity index is 814. The molecule has 0 saturated carbocycles. The van der Waals surface area contributed by atoms with Crippen LogP contribution in [0.4, 0.5) is 15.6 Å². The van der Waals surface area contributed by atoms with Crippen molar-refractivity contribution in [3.8, 4) is 0 Å². The van der Waals surface area contributed by atoms with Gasteiger partial charge in [-0.1, -0.05) is 30.4 Å². The van der Waals surface area contributed by atoms with Gasteiger partial charge in [-0.3, -0.25) is 5.32 Å². The van der Waals surface area contributed by atoms with Crippen LogP contribution in [0.2, 0.25) is 0 Å². The van der Waals surface area contributed by atoms with Crippen molar-refractivity contribution in [2.75, 3.05) is 10.6 Å². The second-order valence-corrected chi connectivity index (χ2v) is 6.58. The first-order chi connectivity index (χ1) is 11.0. The largest absolute Gasteiger partial charge is 0.325 e. The van der Waals surface area contributed by atoms with Gasteiger partial charge in [0.15, 0.2) is 5.13 Å². The van der Waals surface area contributed by atoms with Crippen molar-refractivity contribution in [2.24, 2.45) is 0 Å². The molecule has 2 aromatic carbocycles. The fourth-order valence-electron chi connectivity index (χ4n) is 2.32. The van der Waals surface area contributed by atoms with Crippen molar-refractivity contribution in [3.05, 3.63) is 53.1 Å². The molecule has 0 radical (unpaired) electrons. The Morgan fingerprint density at radius 1 is 1.09 bits per heavy atom. The molecule has 1 aromatic heterocycles. The highest BCUT2D eigenvalue weighted by molar-refractivity contribution is 7.22. The summed E-state index contributed by atoms with van der Waals surface area (Å²) in [6.07, 6.45) is 0.983. The van der Waals surface area contributed by atoms with Crippen LogP contribution < -0.4 is 10.6 Å². The number of aryl methyl sites for hydroxylation is 3. The van der Waals surface area contributed by atoms with Gasteiger partial charge in [-0.15, -0.1) is 0 Å². The van der Waals surface area contributed by atoms with E-state index in [9.17, 15) is 4.79 Å². The lowest BCUT2D eigenvalue weighted by atomic mass is 10.1. The molecule has 1 heterocycles. The number of nitrogens with zero attached hydrogens (tertiary/aromatic N) is 1. The number of urea groups is 1. The van der Waals surface area contributed by atoms with Crippen LogP contribution in [0.1, 0.15) is 23.6 Å². The zero-order valence-corrected chi connectivity index (χ0v) is 14.3. The van der Waals surface area contributed by atoms with Crippen molar-refractivity contribution < 1.29 is 4.79 Å². The molecular formula is C18H19N3OS. The van der Waals surface area contributed by atoms with Gasteiger partial charge >= 0.3 is 6.03 Å². The minimum atomic E-state index is -0.276. The Labute approximate surface area is 139 Å². The average molecular weight is 325 g/mol. The number of nitrogens with one attached hydrogen (secondary N) is 2. The topological polar surface area (TPSA) is 54.0 Å². The van der Waals surface area contributed by atoms with Gasteiger partial charge in [0.05, 0.1) is 10.2 Å². The third-order valence-electron chi connectivity index (χ3n) is 3.84. The lowest BCUT2D eigenvalue weighted by molar-refractivity contribution is 0.262. The monoisotopic (exact) mass is 325 g/mol. The summed E-state index contributed by atoms with van der Waals surface area (Å²) in [5.41, 5.74) is 5.36. The molecule has 118 valence electrons. The summed E-state index contributed by atoms with van der Waals surface area (Å²) in [5.74, 6) is 0. The van der Waals surface area contributed by atoms with Crippen LogP contribution in [-0.2, 0) is 6.42 Å². The van der Waals surface area contributed by atoms with Crippen molar-refractivity contribution in [2.45, 2.75) is 27.2 Å². The van der Waals surface area contributed by atoms with E-state index in [1.807, 2.05) is 30.3 Å². The van der Waals surface area contributed by atoms with Gasteiger partial charge in [0.25, 0.3) is 0 Å². The highest BCUT2D eigenvalue weighted by atomic mass is 32.1. The predicted octanol–water partition coefficient (Wildman–Crippen LogP) is 5.12. The third-order valence-corrected chi connectivity index (χ3v) is 4.78. The van der Waals surface area contributed by atoms with Gasteiger partial charge in [0.2, 0.25) is 0 Å². The standard InChI is InChI=1S/C18H19N3OS/c1-4-13-5-7-14(8-6-13)19-17(22)21-18-20-15-9-11(2)12(3)10-16(15)23-18/h5-10H,4H2,1-3H3,(H2,19,20,21,22).